The maximum Gasteiger partial charge on any atom is 0.354 e. The van der Waals surface area contributed by atoms with Gasteiger partial charge in [-0.2, -0.15) is 0 Å². The molecule has 0 heterocycles. The number of nitrogens with one attached hydrogen (secondary N) is 1. The van der Waals surface area contributed by atoms with Gasteiger partial charge < -0.3 is 10.1 Å². The molecule has 0 radical (unpaired) electrons. The van der Waals surface area contributed by atoms with Crippen LogP contribution in [0.5, 0.6) is 0 Å². The first-order chi connectivity index (χ1) is 8.04. The molecule has 1 aromatic rings. The molecule has 0 aromatic heterocycles. The third-order valence-electron chi connectivity index (χ3n) is 1.92. The summed E-state index contributed by atoms with van der Waals surface area (Å²) in [6, 6.07) is 6.97. The summed E-state index contributed by atoms with van der Waals surface area (Å²) in [5.74, 6) is -0.978. The van der Waals surface area contributed by atoms with Crippen molar-refractivity contribution in [1.29, 1.82) is 0 Å². The summed E-state index contributed by atoms with van der Waals surface area (Å²) >= 11 is 5.94. The van der Waals surface area contributed by atoms with Crippen LogP contribution in [0.4, 0.5) is 0 Å². The van der Waals surface area contributed by atoms with Gasteiger partial charge in [-0.1, -0.05) is 29.8 Å². The van der Waals surface area contributed by atoms with E-state index in [4.69, 9.17) is 11.6 Å². The molecule has 1 rings (SSSR count). The Morgan fingerprint density at radius 3 is 2.53 bits per heavy atom. The maximum atomic E-state index is 11.4. The van der Waals surface area contributed by atoms with Crippen LogP contribution in [0.15, 0.2) is 30.0 Å². The van der Waals surface area contributed by atoms with Crippen LogP contribution < -0.4 is 5.32 Å². The summed E-state index contributed by atoms with van der Waals surface area (Å²) in [6.07, 6.45) is 1.47. The van der Waals surface area contributed by atoms with Crippen LogP contribution >= 0.6 is 11.6 Å². The summed E-state index contributed by atoms with van der Waals surface area (Å²) in [7, 11) is 1.24. The number of amides is 1. The molecule has 90 valence electrons. The van der Waals surface area contributed by atoms with Crippen molar-refractivity contribution in [3.63, 3.8) is 0 Å². The van der Waals surface area contributed by atoms with E-state index in [1.807, 2.05) is 0 Å². The lowest BCUT2D eigenvalue weighted by atomic mass is 10.2. The van der Waals surface area contributed by atoms with Gasteiger partial charge in [-0.05, 0) is 17.7 Å². The zero-order chi connectivity index (χ0) is 12.8. The Labute approximate surface area is 104 Å². The first kappa shape index (κ1) is 13.3. The van der Waals surface area contributed by atoms with Gasteiger partial charge in [-0.15, -0.1) is 0 Å². The highest BCUT2D eigenvalue weighted by Gasteiger charge is 2.11. The predicted octanol–water partition coefficient (Wildman–Crippen LogP) is 1.99. The molecule has 0 fully saturated rings. The SMILES string of the molecule is COC(=O)/C(=C/c1ccccc1Cl)NC(C)=O. The molecule has 0 saturated heterocycles. The van der Waals surface area contributed by atoms with E-state index in [1.54, 1.807) is 24.3 Å². The quantitative estimate of drug-likeness (QED) is 0.662. The third kappa shape index (κ3) is 3.92. The van der Waals surface area contributed by atoms with Crippen molar-refractivity contribution in [2.45, 2.75) is 6.92 Å². The summed E-state index contributed by atoms with van der Waals surface area (Å²) in [5, 5.41) is 2.88. The van der Waals surface area contributed by atoms with Gasteiger partial charge in [-0.25, -0.2) is 4.79 Å². The van der Waals surface area contributed by atoms with Crippen molar-refractivity contribution in [3.05, 3.63) is 40.5 Å². The summed E-state index contributed by atoms with van der Waals surface area (Å²) < 4.78 is 4.56. The van der Waals surface area contributed by atoms with Crippen molar-refractivity contribution in [3.8, 4) is 0 Å². The third-order valence-corrected chi connectivity index (χ3v) is 2.27. The Morgan fingerprint density at radius 1 is 1.35 bits per heavy atom. The number of esters is 1. The van der Waals surface area contributed by atoms with Gasteiger partial charge in [0.25, 0.3) is 0 Å². The zero-order valence-electron chi connectivity index (χ0n) is 9.49. The van der Waals surface area contributed by atoms with Crippen LogP contribution in [0.2, 0.25) is 5.02 Å². The fourth-order valence-electron chi connectivity index (χ4n) is 1.19. The highest BCUT2D eigenvalue weighted by atomic mass is 35.5. The molecule has 0 spiro atoms. The largest absolute Gasteiger partial charge is 0.464 e. The second kappa shape index (κ2) is 6.06. The van der Waals surface area contributed by atoms with E-state index in [0.29, 0.717) is 10.6 Å². The van der Waals surface area contributed by atoms with Crippen molar-refractivity contribution in [2.24, 2.45) is 0 Å². The predicted molar refractivity (Wildman–Crippen MR) is 65.3 cm³/mol. The molecular formula is C12H12ClNO3. The highest BCUT2D eigenvalue weighted by molar-refractivity contribution is 6.32. The van der Waals surface area contributed by atoms with Crippen molar-refractivity contribution in [2.75, 3.05) is 7.11 Å². The van der Waals surface area contributed by atoms with Crippen LogP contribution in [0, 0.1) is 0 Å². The number of ether oxygens (including phenoxy) is 1. The van der Waals surface area contributed by atoms with Crippen LogP contribution in [0.25, 0.3) is 6.08 Å². The van der Waals surface area contributed by atoms with E-state index >= 15 is 0 Å². The Morgan fingerprint density at radius 2 is 2.00 bits per heavy atom. The summed E-state index contributed by atoms with van der Waals surface area (Å²) in [4.78, 5) is 22.4. The lowest BCUT2D eigenvalue weighted by Gasteiger charge is -2.06. The van der Waals surface area contributed by atoms with Gasteiger partial charge in [0, 0.05) is 11.9 Å². The first-order valence-corrected chi connectivity index (χ1v) is 5.24. The van der Waals surface area contributed by atoms with E-state index < -0.39 is 5.97 Å². The number of benzene rings is 1. The molecule has 0 bridgehead atoms. The summed E-state index contributed by atoms with van der Waals surface area (Å²) in [6.45, 7) is 1.31. The molecule has 17 heavy (non-hydrogen) atoms. The fourth-order valence-corrected chi connectivity index (χ4v) is 1.38. The molecule has 1 amide bonds. The number of methoxy groups -OCH3 is 1. The lowest BCUT2D eigenvalue weighted by molar-refractivity contribution is -0.137. The normalized spacial score (nSPS) is 10.9. The molecule has 0 unspecified atom stereocenters. The Bertz CT molecular complexity index is 469. The summed E-state index contributed by atoms with van der Waals surface area (Å²) in [5.41, 5.74) is 0.677. The number of carbonyl (C=O) groups excluding carboxylic acids is 2. The molecule has 1 N–H and O–H groups in total. The van der Waals surface area contributed by atoms with Crippen molar-refractivity contribution < 1.29 is 14.3 Å². The average Bonchev–Trinajstić information content (AvgIpc) is 2.29. The molecular weight excluding hydrogens is 242 g/mol. The monoisotopic (exact) mass is 253 g/mol. The number of halogens is 1. The highest BCUT2D eigenvalue weighted by Crippen LogP contribution is 2.17. The van der Waals surface area contributed by atoms with Gasteiger partial charge in [0.15, 0.2) is 0 Å². The van der Waals surface area contributed by atoms with Crippen molar-refractivity contribution in [1.82, 2.24) is 5.32 Å². The van der Waals surface area contributed by atoms with Gasteiger partial charge in [0.2, 0.25) is 5.91 Å². The lowest BCUT2D eigenvalue weighted by Crippen LogP contribution is -2.25. The van der Waals surface area contributed by atoms with E-state index in [9.17, 15) is 9.59 Å². The van der Waals surface area contributed by atoms with Crippen LogP contribution in [0.3, 0.4) is 0 Å². The van der Waals surface area contributed by atoms with E-state index in [0.717, 1.165) is 0 Å². The minimum absolute atomic E-state index is 0.0492. The number of rotatable bonds is 3. The molecule has 1 aromatic carbocycles. The van der Waals surface area contributed by atoms with E-state index in [2.05, 4.69) is 10.1 Å². The van der Waals surface area contributed by atoms with Crippen molar-refractivity contribution >= 4 is 29.6 Å². The van der Waals surface area contributed by atoms with E-state index in [1.165, 1.54) is 20.1 Å². The minimum Gasteiger partial charge on any atom is -0.464 e. The van der Waals surface area contributed by atoms with Gasteiger partial charge in [0.1, 0.15) is 5.70 Å². The average molecular weight is 254 g/mol. The number of carbonyl (C=O) groups is 2. The fraction of sp³-hybridized carbons (Fsp3) is 0.167. The Balaban J connectivity index is 3.09. The molecule has 4 nitrogen and oxygen atoms in total. The Hall–Kier alpha value is -1.81. The minimum atomic E-state index is -0.625. The number of hydrogen-bond donors (Lipinski definition) is 1. The molecule has 0 aliphatic rings. The standard InChI is InChI=1S/C12H12ClNO3/c1-8(15)14-11(12(16)17-2)7-9-5-3-4-6-10(9)13/h3-7H,1-2H3,(H,14,15)/b11-7-. The van der Waals surface area contributed by atoms with E-state index in [-0.39, 0.29) is 11.6 Å². The topological polar surface area (TPSA) is 55.4 Å². The van der Waals surface area contributed by atoms with Gasteiger partial charge in [0.05, 0.1) is 7.11 Å². The van der Waals surface area contributed by atoms with Gasteiger partial charge >= 0.3 is 5.97 Å². The molecule has 0 aliphatic carbocycles. The molecule has 0 aliphatic heterocycles. The van der Waals surface area contributed by atoms with Gasteiger partial charge in [-0.3, -0.25) is 4.79 Å². The molecule has 0 atom stereocenters. The Kier molecular flexibility index (Phi) is 4.72. The van der Waals surface area contributed by atoms with Crippen LogP contribution in [-0.4, -0.2) is 19.0 Å². The smallest absolute Gasteiger partial charge is 0.354 e. The maximum absolute atomic E-state index is 11.4. The number of hydrogen-bond acceptors (Lipinski definition) is 3. The second-order valence-corrected chi connectivity index (χ2v) is 3.66. The molecule has 5 heteroatoms. The second-order valence-electron chi connectivity index (χ2n) is 3.25. The first-order valence-electron chi connectivity index (χ1n) is 4.86. The van der Waals surface area contributed by atoms with Crippen LogP contribution in [-0.2, 0) is 14.3 Å². The zero-order valence-corrected chi connectivity index (χ0v) is 10.2. The van der Waals surface area contributed by atoms with Crippen LogP contribution in [0.1, 0.15) is 12.5 Å². The molecule has 0 saturated carbocycles.